The number of hydrogen-bond donors (Lipinski definition) is 1. The molecule has 0 aromatic carbocycles. The Kier molecular flexibility index (Phi) is 6.84. The largest absolute Gasteiger partial charge is 0.360 e. The van der Waals surface area contributed by atoms with Crippen LogP contribution in [-0.2, 0) is 9.59 Å². The molecule has 1 atom stereocenters. The van der Waals surface area contributed by atoms with E-state index in [0.717, 1.165) is 45.6 Å². The summed E-state index contributed by atoms with van der Waals surface area (Å²) in [6.45, 7) is 9.60. The predicted molar refractivity (Wildman–Crippen MR) is 102 cm³/mol. The van der Waals surface area contributed by atoms with Crippen LogP contribution in [0.15, 0.2) is 10.6 Å². The van der Waals surface area contributed by atoms with Crippen LogP contribution >= 0.6 is 0 Å². The normalized spacial score (nSPS) is 22.0. The SMILES string of the molecule is Cc1cc(NC(=O)CCN2CCN(CC(=O)N3CCCCC3C)CC2)no1. The molecule has 3 heterocycles. The Hall–Kier alpha value is -1.93. The first-order valence-corrected chi connectivity index (χ1v) is 9.98. The van der Waals surface area contributed by atoms with Gasteiger partial charge in [-0.3, -0.25) is 14.5 Å². The summed E-state index contributed by atoms with van der Waals surface area (Å²) in [7, 11) is 0. The first-order valence-electron chi connectivity index (χ1n) is 9.98. The van der Waals surface area contributed by atoms with Gasteiger partial charge in [0.25, 0.3) is 0 Å². The quantitative estimate of drug-likeness (QED) is 0.805. The number of nitrogens with one attached hydrogen (secondary N) is 1. The van der Waals surface area contributed by atoms with Crippen LogP contribution < -0.4 is 5.32 Å². The number of aryl methyl sites for hydroxylation is 1. The maximum atomic E-state index is 12.6. The van der Waals surface area contributed by atoms with Gasteiger partial charge < -0.3 is 19.6 Å². The molecule has 3 rings (SSSR count). The zero-order valence-electron chi connectivity index (χ0n) is 16.4. The zero-order valence-corrected chi connectivity index (χ0v) is 16.4. The smallest absolute Gasteiger partial charge is 0.236 e. The molecule has 150 valence electrons. The third-order valence-electron chi connectivity index (χ3n) is 5.50. The van der Waals surface area contributed by atoms with E-state index in [-0.39, 0.29) is 11.8 Å². The van der Waals surface area contributed by atoms with Crippen molar-refractivity contribution in [3.63, 3.8) is 0 Å². The standard InChI is InChI=1S/C19H31N5O3/c1-15-5-3-4-7-24(15)19(26)14-23-11-9-22(10-12-23)8-6-18(25)20-17-13-16(2)27-21-17/h13,15H,3-12,14H2,1-2H3,(H,20,21,25). The van der Waals surface area contributed by atoms with E-state index in [9.17, 15) is 9.59 Å². The van der Waals surface area contributed by atoms with E-state index in [1.165, 1.54) is 6.42 Å². The number of rotatable bonds is 6. The summed E-state index contributed by atoms with van der Waals surface area (Å²) in [6.07, 6.45) is 3.90. The molecular formula is C19H31N5O3. The first-order chi connectivity index (χ1) is 13.0. The number of piperidine rings is 1. The molecule has 1 aromatic heterocycles. The van der Waals surface area contributed by atoms with Gasteiger partial charge in [-0.2, -0.15) is 0 Å². The van der Waals surface area contributed by atoms with Gasteiger partial charge in [0.05, 0.1) is 6.54 Å². The average molecular weight is 377 g/mol. The van der Waals surface area contributed by atoms with E-state index in [2.05, 4.69) is 27.2 Å². The van der Waals surface area contributed by atoms with Crippen LogP contribution in [0.25, 0.3) is 0 Å². The molecule has 2 aliphatic heterocycles. The van der Waals surface area contributed by atoms with Crippen LogP contribution in [0.1, 0.15) is 38.4 Å². The highest BCUT2D eigenvalue weighted by atomic mass is 16.5. The molecule has 2 fully saturated rings. The van der Waals surface area contributed by atoms with Gasteiger partial charge in [-0.15, -0.1) is 0 Å². The van der Waals surface area contributed by atoms with Crippen molar-refractivity contribution < 1.29 is 14.1 Å². The highest BCUT2D eigenvalue weighted by Crippen LogP contribution is 2.17. The van der Waals surface area contributed by atoms with Gasteiger partial charge in [-0.05, 0) is 33.1 Å². The second kappa shape index (κ2) is 9.32. The van der Waals surface area contributed by atoms with Gasteiger partial charge in [0.1, 0.15) is 5.76 Å². The number of aromatic nitrogens is 1. The predicted octanol–water partition coefficient (Wildman–Crippen LogP) is 1.33. The molecule has 0 radical (unpaired) electrons. The van der Waals surface area contributed by atoms with Crippen LogP contribution in [0.4, 0.5) is 5.82 Å². The van der Waals surface area contributed by atoms with E-state index < -0.39 is 0 Å². The Morgan fingerprint density at radius 3 is 2.59 bits per heavy atom. The molecule has 2 aliphatic rings. The molecule has 8 nitrogen and oxygen atoms in total. The molecular weight excluding hydrogens is 346 g/mol. The number of anilines is 1. The number of carbonyl (C=O) groups is 2. The Morgan fingerprint density at radius 2 is 1.93 bits per heavy atom. The molecule has 0 bridgehead atoms. The van der Waals surface area contributed by atoms with Crippen molar-refractivity contribution in [1.82, 2.24) is 19.9 Å². The fourth-order valence-electron chi connectivity index (χ4n) is 3.81. The number of hydrogen-bond acceptors (Lipinski definition) is 6. The van der Waals surface area contributed by atoms with Gasteiger partial charge >= 0.3 is 0 Å². The van der Waals surface area contributed by atoms with E-state index in [4.69, 9.17) is 4.52 Å². The maximum absolute atomic E-state index is 12.6. The summed E-state index contributed by atoms with van der Waals surface area (Å²) in [4.78, 5) is 31.1. The third kappa shape index (κ3) is 5.77. The lowest BCUT2D eigenvalue weighted by molar-refractivity contribution is -0.136. The number of likely N-dealkylation sites (tertiary alicyclic amines) is 1. The lowest BCUT2D eigenvalue weighted by Crippen LogP contribution is -2.52. The average Bonchev–Trinajstić information content (AvgIpc) is 3.06. The fourth-order valence-corrected chi connectivity index (χ4v) is 3.81. The monoisotopic (exact) mass is 377 g/mol. The summed E-state index contributed by atoms with van der Waals surface area (Å²) >= 11 is 0. The summed E-state index contributed by atoms with van der Waals surface area (Å²) in [5, 5.41) is 6.52. The van der Waals surface area contributed by atoms with Crippen molar-refractivity contribution >= 4 is 17.6 Å². The Morgan fingerprint density at radius 1 is 1.19 bits per heavy atom. The van der Waals surface area contributed by atoms with Crippen LogP contribution in [0.3, 0.4) is 0 Å². The molecule has 1 N–H and O–H groups in total. The molecule has 2 saturated heterocycles. The van der Waals surface area contributed by atoms with E-state index in [1.807, 2.05) is 4.90 Å². The molecule has 27 heavy (non-hydrogen) atoms. The van der Waals surface area contributed by atoms with Crippen LogP contribution in [0.5, 0.6) is 0 Å². The Labute approximate surface area is 160 Å². The van der Waals surface area contributed by atoms with Gasteiger partial charge in [0, 0.05) is 57.8 Å². The molecule has 0 aliphatic carbocycles. The minimum atomic E-state index is -0.0556. The second-order valence-corrected chi connectivity index (χ2v) is 7.67. The van der Waals surface area contributed by atoms with Crippen molar-refractivity contribution in [3.8, 4) is 0 Å². The lowest BCUT2D eigenvalue weighted by atomic mass is 10.0. The van der Waals surface area contributed by atoms with E-state index >= 15 is 0 Å². The van der Waals surface area contributed by atoms with Crippen LogP contribution in [-0.4, -0.2) is 83.5 Å². The van der Waals surface area contributed by atoms with Crippen LogP contribution in [0, 0.1) is 6.92 Å². The van der Waals surface area contributed by atoms with Crippen molar-refractivity contribution in [2.45, 2.75) is 45.6 Å². The molecule has 1 unspecified atom stereocenters. The summed E-state index contributed by atoms with van der Waals surface area (Å²) < 4.78 is 4.94. The number of carbonyl (C=O) groups excluding carboxylic acids is 2. The lowest BCUT2D eigenvalue weighted by Gasteiger charge is -2.38. The van der Waals surface area contributed by atoms with Crippen molar-refractivity contribution in [2.24, 2.45) is 0 Å². The van der Waals surface area contributed by atoms with Crippen molar-refractivity contribution in [3.05, 3.63) is 11.8 Å². The fraction of sp³-hybridized carbons (Fsp3) is 0.737. The van der Waals surface area contributed by atoms with Gasteiger partial charge in [-0.1, -0.05) is 5.16 Å². The minimum Gasteiger partial charge on any atom is -0.360 e. The number of piperazine rings is 1. The van der Waals surface area contributed by atoms with E-state index in [1.54, 1.807) is 13.0 Å². The van der Waals surface area contributed by atoms with Crippen molar-refractivity contribution in [2.75, 3.05) is 51.1 Å². The van der Waals surface area contributed by atoms with Gasteiger partial charge in [-0.25, -0.2) is 0 Å². The van der Waals surface area contributed by atoms with E-state index in [0.29, 0.717) is 37.1 Å². The van der Waals surface area contributed by atoms with Gasteiger partial charge in [0.2, 0.25) is 11.8 Å². The zero-order chi connectivity index (χ0) is 19.2. The van der Waals surface area contributed by atoms with Crippen molar-refractivity contribution in [1.29, 1.82) is 0 Å². The Bertz CT molecular complexity index is 639. The summed E-state index contributed by atoms with van der Waals surface area (Å²) in [5.41, 5.74) is 0. The molecule has 2 amide bonds. The minimum absolute atomic E-state index is 0.0556. The molecule has 0 spiro atoms. The number of nitrogens with zero attached hydrogens (tertiary/aromatic N) is 4. The molecule has 0 saturated carbocycles. The summed E-state index contributed by atoms with van der Waals surface area (Å²) in [6, 6.07) is 2.08. The first kappa shape index (κ1) is 19.8. The Balaban J connectivity index is 1.33. The maximum Gasteiger partial charge on any atom is 0.236 e. The third-order valence-corrected chi connectivity index (χ3v) is 5.50. The highest BCUT2D eigenvalue weighted by molar-refractivity contribution is 5.89. The van der Waals surface area contributed by atoms with Crippen LogP contribution in [0.2, 0.25) is 0 Å². The second-order valence-electron chi connectivity index (χ2n) is 7.67. The number of amides is 2. The molecule has 1 aromatic rings. The molecule has 8 heteroatoms. The van der Waals surface area contributed by atoms with Gasteiger partial charge in [0.15, 0.2) is 5.82 Å². The highest BCUT2D eigenvalue weighted by Gasteiger charge is 2.26. The summed E-state index contributed by atoms with van der Waals surface area (Å²) in [5.74, 6) is 1.35. The topological polar surface area (TPSA) is 81.9 Å².